The molecule has 0 unspecified atom stereocenters. The molecule has 0 heterocycles. The van der Waals surface area contributed by atoms with E-state index in [1.807, 2.05) is 24.3 Å². The molecule has 0 amide bonds. The SMILES string of the molecule is O=C(CO)CCOc1ccccc1Br. The minimum absolute atomic E-state index is 0.211. The van der Waals surface area contributed by atoms with Crippen LogP contribution in [0, 0.1) is 0 Å². The molecule has 0 aliphatic heterocycles. The number of carbonyl (C=O) groups excluding carboxylic acids is 1. The van der Waals surface area contributed by atoms with E-state index in [1.54, 1.807) is 0 Å². The maximum Gasteiger partial charge on any atom is 0.161 e. The molecule has 0 bridgehead atoms. The van der Waals surface area contributed by atoms with Crippen molar-refractivity contribution in [2.45, 2.75) is 6.42 Å². The van der Waals surface area contributed by atoms with E-state index in [9.17, 15) is 4.79 Å². The van der Waals surface area contributed by atoms with E-state index in [4.69, 9.17) is 9.84 Å². The summed E-state index contributed by atoms with van der Waals surface area (Å²) in [5, 5.41) is 8.47. The number of carbonyl (C=O) groups is 1. The Bertz CT molecular complexity index is 312. The summed E-state index contributed by atoms with van der Waals surface area (Å²) in [6, 6.07) is 7.42. The summed E-state index contributed by atoms with van der Waals surface area (Å²) in [5.41, 5.74) is 0. The van der Waals surface area contributed by atoms with Gasteiger partial charge < -0.3 is 9.84 Å². The van der Waals surface area contributed by atoms with Crippen LogP contribution in [0.25, 0.3) is 0 Å². The third kappa shape index (κ3) is 3.47. The average Bonchev–Trinajstić information content (AvgIpc) is 2.20. The molecule has 0 fully saturated rings. The zero-order valence-electron chi connectivity index (χ0n) is 7.57. The maximum absolute atomic E-state index is 10.7. The zero-order valence-corrected chi connectivity index (χ0v) is 9.16. The minimum Gasteiger partial charge on any atom is -0.492 e. The average molecular weight is 259 g/mol. The summed E-state index contributed by atoms with van der Waals surface area (Å²) < 4.78 is 6.19. The van der Waals surface area contributed by atoms with E-state index in [1.165, 1.54) is 0 Å². The van der Waals surface area contributed by atoms with Gasteiger partial charge in [-0.3, -0.25) is 4.79 Å². The molecular weight excluding hydrogens is 248 g/mol. The van der Waals surface area contributed by atoms with Gasteiger partial charge in [0.05, 0.1) is 11.1 Å². The lowest BCUT2D eigenvalue weighted by Gasteiger charge is -2.06. The molecule has 0 saturated carbocycles. The molecule has 1 N–H and O–H groups in total. The molecule has 0 spiro atoms. The highest BCUT2D eigenvalue weighted by atomic mass is 79.9. The second kappa shape index (κ2) is 5.78. The number of hydrogen-bond donors (Lipinski definition) is 1. The van der Waals surface area contributed by atoms with Crippen LogP contribution in [0.2, 0.25) is 0 Å². The topological polar surface area (TPSA) is 46.5 Å². The summed E-state index contributed by atoms with van der Waals surface area (Å²) in [5.74, 6) is 0.496. The third-order valence-corrected chi connectivity index (χ3v) is 2.31. The molecule has 1 aromatic carbocycles. The number of hydrogen-bond acceptors (Lipinski definition) is 3. The molecule has 3 nitrogen and oxygen atoms in total. The Morgan fingerprint density at radius 1 is 1.43 bits per heavy atom. The Morgan fingerprint density at radius 2 is 2.14 bits per heavy atom. The summed E-state index contributed by atoms with van der Waals surface area (Å²) in [6.45, 7) is -0.124. The highest BCUT2D eigenvalue weighted by Gasteiger charge is 2.02. The number of ketones is 1. The van der Waals surface area contributed by atoms with E-state index < -0.39 is 6.61 Å². The van der Waals surface area contributed by atoms with Crippen molar-refractivity contribution < 1.29 is 14.6 Å². The molecule has 0 aliphatic carbocycles. The van der Waals surface area contributed by atoms with Crippen LogP contribution in [0.3, 0.4) is 0 Å². The van der Waals surface area contributed by atoms with Crippen LogP contribution < -0.4 is 4.74 Å². The van der Waals surface area contributed by atoms with E-state index in [2.05, 4.69) is 15.9 Å². The van der Waals surface area contributed by atoms with Gasteiger partial charge >= 0.3 is 0 Å². The molecule has 0 saturated heterocycles. The minimum atomic E-state index is -0.417. The predicted molar refractivity (Wildman–Crippen MR) is 56.3 cm³/mol. The molecule has 0 aliphatic rings. The number of para-hydroxylation sites is 1. The first-order valence-corrected chi connectivity index (χ1v) is 5.03. The molecule has 76 valence electrons. The van der Waals surface area contributed by atoms with Gasteiger partial charge in [0.2, 0.25) is 0 Å². The van der Waals surface area contributed by atoms with Gasteiger partial charge in [-0.15, -0.1) is 0 Å². The standard InChI is InChI=1S/C10H11BrO3/c11-9-3-1-2-4-10(9)14-6-5-8(13)7-12/h1-4,12H,5-7H2. The van der Waals surface area contributed by atoms with E-state index in [0.29, 0.717) is 12.4 Å². The van der Waals surface area contributed by atoms with Gasteiger partial charge in [-0.1, -0.05) is 12.1 Å². The second-order valence-electron chi connectivity index (χ2n) is 2.73. The maximum atomic E-state index is 10.7. The van der Waals surface area contributed by atoms with Crippen molar-refractivity contribution in [3.05, 3.63) is 28.7 Å². The third-order valence-electron chi connectivity index (χ3n) is 1.65. The Kier molecular flexibility index (Phi) is 4.62. The van der Waals surface area contributed by atoms with Crippen molar-refractivity contribution >= 4 is 21.7 Å². The number of benzene rings is 1. The zero-order chi connectivity index (χ0) is 10.4. The molecule has 1 rings (SSSR count). The molecule has 14 heavy (non-hydrogen) atoms. The van der Waals surface area contributed by atoms with E-state index >= 15 is 0 Å². The number of rotatable bonds is 5. The Hall–Kier alpha value is -0.870. The second-order valence-corrected chi connectivity index (χ2v) is 3.58. The molecule has 4 heteroatoms. The molecule has 1 aromatic rings. The van der Waals surface area contributed by atoms with Crippen molar-refractivity contribution in [3.8, 4) is 5.75 Å². The first-order valence-electron chi connectivity index (χ1n) is 4.24. The summed E-state index contributed by atoms with van der Waals surface area (Å²) in [6.07, 6.45) is 0.234. The van der Waals surface area contributed by atoms with Crippen LogP contribution in [-0.2, 0) is 4.79 Å². The Labute approximate surface area is 90.8 Å². The lowest BCUT2D eigenvalue weighted by atomic mass is 10.3. The fourth-order valence-electron chi connectivity index (χ4n) is 0.916. The van der Waals surface area contributed by atoms with Crippen molar-refractivity contribution in [2.75, 3.05) is 13.2 Å². The molecule has 0 aromatic heterocycles. The van der Waals surface area contributed by atoms with E-state index in [-0.39, 0.29) is 12.2 Å². The first-order chi connectivity index (χ1) is 6.74. The van der Waals surface area contributed by atoms with Gasteiger partial charge in [-0.25, -0.2) is 0 Å². The van der Waals surface area contributed by atoms with E-state index in [0.717, 1.165) is 4.47 Å². The van der Waals surface area contributed by atoms with Gasteiger partial charge in [0, 0.05) is 6.42 Å². The molecular formula is C10H11BrO3. The number of halogens is 1. The first kappa shape index (κ1) is 11.2. The Balaban J connectivity index is 2.39. The largest absolute Gasteiger partial charge is 0.492 e. The number of Topliss-reactive ketones (excluding diaryl/α,β-unsaturated/α-hetero) is 1. The van der Waals surface area contributed by atoms with Crippen LogP contribution in [0.5, 0.6) is 5.75 Å². The molecule has 0 atom stereocenters. The van der Waals surface area contributed by atoms with Crippen LogP contribution in [-0.4, -0.2) is 24.1 Å². The summed E-state index contributed by atoms with van der Waals surface area (Å²) >= 11 is 3.32. The number of ether oxygens (including phenoxy) is 1. The summed E-state index contributed by atoms with van der Waals surface area (Å²) in [4.78, 5) is 10.7. The fraction of sp³-hybridized carbons (Fsp3) is 0.300. The van der Waals surface area contributed by atoms with Gasteiger partial charge in [0.1, 0.15) is 12.4 Å². The monoisotopic (exact) mass is 258 g/mol. The fourth-order valence-corrected chi connectivity index (χ4v) is 1.31. The van der Waals surface area contributed by atoms with Crippen molar-refractivity contribution in [1.29, 1.82) is 0 Å². The predicted octanol–water partition coefficient (Wildman–Crippen LogP) is 1.78. The van der Waals surface area contributed by atoms with Crippen LogP contribution >= 0.6 is 15.9 Å². The lowest BCUT2D eigenvalue weighted by Crippen LogP contribution is -2.09. The quantitative estimate of drug-likeness (QED) is 0.876. The Morgan fingerprint density at radius 3 is 2.79 bits per heavy atom. The number of aliphatic hydroxyl groups is 1. The van der Waals surface area contributed by atoms with Crippen molar-refractivity contribution in [1.82, 2.24) is 0 Å². The van der Waals surface area contributed by atoms with Crippen LogP contribution in [0.1, 0.15) is 6.42 Å². The highest BCUT2D eigenvalue weighted by molar-refractivity contribution is 9.10. The number of aliphatic hydroxyl groups excluding tert-OH is 1. The highest BCUT2D eigenvalue weighted by Crippen LogP contribution is 2.23. The van der Waals surface area contributed by atoms with Crippen molar-refractivity contribution in [2.24, 2.45) is 0 Å². The lowest BCUT2D eigenvalue weighted by molar-refractivity contribution is -0.122. The van der Waals surface area contributed by atoms with Crippen LogP contribution in [0.15, 0.2) is 28.7 Å². The van der Waals surface area contributed by atoms with Crippen LogP contribution in [0.4, 0.5) is 0 Å². The van der Waals surface area contributed by atoms with Gasteiger partial charge in [0.15, 0.2) is 5.78 Å². The normalized spacial score (nSPS) is 9.86. The smallest absolute Gasteiger partial charge is 0.161 e. The van der Waals surface area contributed by atoms with Gasteiger partial charge in [-0.05, 0) is 28.1 Å². The van der Waals surface area contributed by atoms with Gasteiger partial charge in [0.25, 0.3) is 0 Å². The van der Waals surface area contributed by atoms with Gasteiger partial charge in [-0.2, -0.15) is 0 Å². The molecule has 0 radical (unpaired) electrons. The summed E-state index contributed by atoms with van der Waals surface area (Å²) in [7, 11) is 0. The van der Waals surface area contributed by atoms with Crippen molar-refractivity contribution in [3.63, 3.8) is 0 Å².